The minimum atomic E-state index is -0.653. The molecule has 0 atom stereocenters. The van der Waals surface area contributed by atoms with Crippen molar-refractivity contribution in [2.75, 3.05) is 0 Å². The maximum atomic E-state index is 10.4. The molecule has 0 amide bonds. The molecule has 0 heterocycles. The van der Waals surface area contributed by atoms with E-state index in [0.717, 1.165) is 25.7 Å². The second-order valence-electron chi connectivity index (χ2n) is 12.9. The Morgan fingerprint density at radius 2 is 0.429 bits per heavy atom. The first-order chi connectivity index (χ1) is 20.5. The van der Waals surface area contributed by atoms with Crippen LogP contribution in [-0.4, -0.2) is 22.2 Å². The van der Waals surface area contributed by atoms with Gasteiger partial charge in [0, 0.05) is 12.8 Å². The molecule has 0 aliphatic carbocycles. The Hall–Kier alpha value is -1.06. The zero-order chi connectivity index (χ0) is 31.2. The standard InChI is InChI=1S/C20H40O2.C18H36O2/c1-2-3-4-5-6-7-8-9-10-11-12-13-14-15-16-17-18-19-20(21)22;1-2-3-4-5-6-7-8-9-10-11-12-13-14-15-16-17-18(19)20/h2-19H2,1H3,(H,21,22);2-17H2,1H3,(H,19,20). The molecule has 0 aromatic heterocycles. The Morgan fingerprint density at radius 1 is 0.286 bits per heavy atom. The van der Waals surface area contributed by atoms with Crippen molar-refractivity contribution in [2.45, 2.75) is 232 Å². The van der Waals surface area contributed by atoms with E-state index in [4.69, 9.17) is 10.2 Å². The van der Waals surface area contributed by atoms with E-state index in [1.54, 1.807) is 0 Å². The first-order valence-electron chi connectivity index (χ1n) is 19.0. The Morgan fingerprint density at radius 3 is 0.571 bits per heavy atom. The molecule has 0 aromatic carbocycles. The summed E-state index contributed by atoms with van der Waals surface area (Å²) in [6, 6.07) is 0. The van der Waals surface area contributed by atoms with Crippen molar-refractivity contribution in [3.8, 4) is 0 Å². The molecular formula is C38H76O4. The second-order valence-corrected chi connectivity index (χ2v) is 12.9. The minimum absolute atomic E-state index is 0.345. The van der Waals surface area contributed by atoms with Crippen molar-refractivity contribution in [1.29, 1.82) is 0 Å². The van der Waals surface area contributed by atoms with E-state index in [2.05, 4.69) is 13.8 Å². The van der Waals surface area contributed by atoms with E-state index >= 15 is 0 Å². The highest BCUT2D eigenvalue weighted by Gasteiger charge is 1.98. The molecule has 42 heavy (non-hydrogen) atoms. The largest absolute Gasteiger partial charge is 0.481 e. The van der Waals surface area contributed by atoms with Gasteiger partial charge in [-0.2, -0.15) is 0 Å². The van der Waals surface area contributed by atoms with Crippen LogP contribution in [0.15, 0.2) is 0 Å². The molecular weight excluding hydrogens is 520 g/mol. The van der Waals surface area contributed by atoms with Crippen LogP contribution in [0.2, 0.25) is 0 Å². The number of hydrogen-bond acceptors (Lipinski definition) is 2. The average molecular weight is 597 g/mol. The van der Waals surface area contributed by atoms with Crippen molar-refractivity contribution < 1.29 is 19.8 Å². The monoisotopic (exact) mass is 597 g/mol. The van der Waals surface area contributed by atoms with Crippen LogP contribution in [0.5, 0.6) is 0 Å². The maximum absolute atomic E-state index is 10.4. The number of carboxylic acids is 2. The lowest BCUT2D eigenvalue weighted by molar-refractivity contribution is -0.138. The van der Waals surface area contributed by atoms with Gasteiger partial charge in [0.2, 0.25) is 0 Å². The third kappa shape index (κ3) is 45.9. The van der Waals surface area contributed by atoms with Crippen molar-refractivity contribution in [3.63, 3.8) is 0 Å². The molecule has 0 radical (unpaired) electrons. The van der Waals surface area contributed by atoms with Crippen molar-refractivity contribution in [2.24, 2.45) is 0 Å². The summed E-state index contributed by atoms with van der Waals surface area (Å²) in [6.07, 6.45) is 43.3. The van der Waals surface area contributed by atoms with Crippen LogP contribution in [0, 0.1) is 0 Å². The van der Waals surface area contributed by atoms with Gasteiger partial charge in [0.15, 0.2) is 0 Å². The van der Waals surface area contributed by atoms with Gasteiger partial charge in [-0.3, -0.25) is 9.59 Å². The van der Waals surface area contributed by atoms with E-state index in [9.17, 15) is 9.59 Å². The Labute approximate surface area is 263 Å². The molecule has 0 aliphatic heterocycles. The van der Waals surface area contributed by atoms with E-state index in [1.165, 1.54) is 180 Å². The van der Waals surface area contributed by atoms with E-state index in [0.29, 0.717) is 12.8 Å². The first-order valence-corrected chi connectivity index (χ1v) is 19.0. The maximum Gasteiger partial charge on any atom is 0.303 e. The fourth-order valence-corrected chi connectivity index (χ4v) is 5.65. The van der Waals surface area contributed by atoms with Crippen molar-refractivity contribution in [3.05, 3.63) is 0 Å². The quantitative estimate of drug-likeness (QED) is 0.0724. The van der Waals surface area contributed by atoms with Crippen molar-refractivity contribution >= 4 is 11.9 Å². The molecule has 0 spiro atoms. The number of aliphatic carboxylic acids is 2. The van der Waals surface area contributed by atoms with Gasteiger partial charge in [0.25, 0.3) is 0 Å². The summed E-state index contributed by atoms with van der Waals surface area (Å²) in [5, 5.41) is 17.1. The Bertz CT molecular complexity index is 519. The lowest BCUT2D eigenvalue weighted by atomic mass is 10.0. The summed E-state index contributed by atoms with van der Waals surface area (Å²) in [7, 11) is 0. The van der Waals surface area contributed by atoms with Gasteiger partial charge in [0.1, 0.15) is 0 Å². The van der Waals surface area contributed by atoms with Crippen LogP contribution in [0.3, 0.4) is 0 Å². The summed E-state index contributed by atoms with van der Waals surface area (Å²) in [5.74, 6) is -1.30. The topological polar surface area (TPSA) is 74.6 Å². The predicted octanol–water partition coefficient (Wildman–Crippen LogP) is 13.4. The minimum Gasteiger partial charge on any atom is -0.481 e. The number of unbranched alkanes of at least 4 members (excludes halogenated alkanes) is 30. The number of carboxylic acid groups (broad SMARTS) is 2. The SMILES string of the molecule is CCCCCCCCCCCCCCCCCC(=O)O.CCCCCCCCCCCCCCCCCCCC(=O)O. The van der Waals surface area contributed by atoms with Gasteiger partial charge in [-0.05, 0) is 12.8 Å². The summed E-state index contributed by atoms with van der Waals surface area (Å²) in [4.78, 5) is 20.7. The van der Waals surface area contributed by atoms with Gasteiger partial charge in [-0.25, -0.2) is 0 Å². The second kappa shape index (κ2) is 39.9. The first kappa shape index (κ1) is 43.1. The molecule has 0 unspecified atom stereocenters. The third-order valence-electron chi connectivity index (χ3n) is 8.49. The summed E-state index contributed by atoms with van der Waals surface area (Å²) in [6.45, 7) is 4.55. The Kier molecular flexibility index (Phi) is 41.0. The zero-order valence-electron chi connectivity index (χ0n) is 28.8. The molecule has 0 aliphatic rings. The molecule has 2 N–H and O–H groups in total. The molecule has 0 saturated heterocycles. The normalized spacial score (nSPS) is 10.9. The van der Waals surface area contributed by atoms with Crippen LogP contribution >= 0.6 is 0 Å². The average Bonchev–Trinajstić information content (AvgIpc) is 2.97. The molecule has 0 bridgehead atoms. The lowest BCUT2D eigenvalue weighted by Gasteiger charge is -2.03. The van der Waals surface area contributed by atoms with Gasteiger partial charge < -0.3 is 10.2 Å². The van der Waals surface area contributed by atoms with E-state index in [1.807, 2.05) is 0 Å². The van der Waals surface area contributed by atoms with Gasteiger partial charge >= 0.3 is 11.9 Å². The summed E-state index contributed by atoms with van der Waals surface area (Å²) >= 11 is 0. The van der Waals surface area contributed by atoms with Crippen molar-refractivity contribution in [1.82, 2.24) is 0 Å². The molecule has 0 aromatic rings. The smallest absolute Gasteiger partial charge is 0.303 e. The number of hydrogen-bond donors (Lipinski definition) is 2. The highest BCUT2D eigenvalue weighted by molar-refractivity contribution is 5.66. The fourth-order valence-electron chi connectivity index (χ4n) is 5.65. The van der Waals surface area contributed by atoms with Gasteiger partial charge in [0.05, 0.1) is 0 Å². The highest BCUT2D eigenvalue weighted by Crippen LogP contribution is 2.15. The summed E-state index contributed by atoms with van der Waals surface area (Å²) < 4.78 is 0. The molecule has 0 fully saturated rings. The Balaban J connectivity index is 0. The molecule has 252 valence electrons. The van der Waals surface area contributed by atoms with Gasteiger partial charge in [-0.1, -0.05) is 206 Å². The number of carbonyl (C=O) groups is 2. The van der Waals surface area contributed by atoms with E-state index < -0.39 is 11.9 Å². The third-order valence-corrected chi connectivity index (χ3v) is 8.49. The lowest BCUT2D eigenvalue weighted by Crippen LogP contribution is -1.93. The zero-order valence-corrected chi connectivity index (χ0v) is 28.8. The van der Waals surface area contributed by atoms with Crippen LogP contribution < -0.4 is 0 Å². The highest BCUT2D eigenvalue weighted by atomic mass is 16.4. The van der Waals surface area contributed by atoms with Crippen LogP contribution in [0.1, 0.15) is 232 Å². The number of rotatable bonds is 34. The van der Waals surface area contributed by atoms with Gasteiger partial charge in [-0.15, -0.1) is 0 Å². The predicted molar refractivity (Wildman–Crippen MR) is 184 cm³/mol. The fraction of sp³-hybridized carbons (Fsp3) is 0.947. The molecule has 4 nitrogen and oxygen atoms in total. The summed E-state index contributed by atoms with van der Waals surface area (Å²) in [5.41, 5.74) is 0. The molecule has 0 saturated carbocycles. The van der Waals surface area contributed by atoms with E-state index in [-0.39, 0.29) is 0 Å². The van der Waals surface area contributed by atoms with Crippen LogP contribution in [-0.2, 0) is 9.59 Å². The van der Waals surface area contributed by atoms with Crippen LogP contribution in [0.25, 0.3) is 0 Å². The van der Waals surface area contributed by atoms with Crippen LogP contribution in [0.4, 0.5) is 0 Å². The molecule has 0 rings (SSSR count). The molecule has 4 heteroatoms.